The van der Waals surface area contributed by atoms with Crippen LogP contribution in [0.3, 0.4) is 0 Å². The number of nitrogens with one attached hydrogen (secondary N) is 2. The Kier molecular flexibility index (Phi) is 4.54. The quantitative estimate of drug-likeness (QED) is 0.743. The Morgan fingerprint density at radius 1 is 1.12 bits per heavy atom. The summed E-state index contributed by atoms with van der Waals surface area (Å²) in [5.74, 6) is -0.625. The molecule has 2 heterocycles. The Balaban J connectivity index is 1.77. The zero-order valence-electron chi connectivity index (χ0n) is 14.0. The summed E-state index contributed by atoms with van der Waals surface area (Å²) < 4.78 is 37.9. The van der Waals surface area contributed by atoms with Gasteiger partial charge in [0.25, 0.3) is 5.91 Å². The molecule has 0 saturated carbocycles. The molecule has 1 amide bonds. The molecule has 2 N–H and O–H groups in total. The van der Waals surface area contributed by atoms with Crippen LogP contribution in [0, 0.1) is 0 Å². The third-order valence-corrected chi connectivity index (χ3v) is 4.12. The second kappa shape index (κ2) is 6.66. The van der Waals surface area contributed by atoms with Crippen molar-refractivity contribution < 1.29 is 18.0 Å². The van der Waals surface area contributed by atoms with Gasteiger partial charge in [-0.15, -0.1) is 0 Å². The van der Waals surface area contributed by atoms with E-state index in [1.54, 1.807) is 13.0 Å². The number of aromatic nitrogens is 4. The van der Waals surface area contributed by atoms with E-state index < -0.39 is 23.8 Å². The first-order chi connectivity index (χ1) is 12.3. The fourth-order valence-electron chi connectivity index (χ4n) is 2.45. The second-order valence-electron chi connectivity index (χ2n) is 5.83. The highest BCUT2D eigenvalue weighted by Gasteiger charge is 2.34. The number of benzene rings is 1. The summed E-state index contributed by atoms with van der Waals surface area (Å²) in [6, 6.07) is 11.5. The summed E-state index contributed by atoms with van der Waals surface area (Å²) in [4.78, 5) is 13.7. The van der Waals surface area contributed by atoms with E-state index in [-0.39, 0.29) is 5.69 Å². The van der Waals surface area contributed by atoms with Crippen LogP contribution in [-0.4, -0.2) is 38.2 Å². The normalized spacial score (nSPS) is 12.8. The highest BCUT2D eigenvalue weighted by Crippen LogP contribution is 2.29. The van der Waals surface area contributed by atoms with Crippen LogP contribution in [0.4, 0.5) is 13.2 Å². The third-order valence-electron chi connectivity index (χ3n) is 4.12. The molecular formula is C17H16F3N5O. The van der Waals surface area contributed by atoms with Crippen molar-refractivity contribution in [1.29, 1.82) is 0 Å². The van der Waals surface area contributed by atoms with Gasteiger partial charge in [0.1, 0.15) is 5.69 Å². The predicted molar refractivity (Wildman–Crippen MR) is 88.1 cm³/mol. The molecule has 1 atom stereocenters. The van der Waals surface area contributed by atoms with Crippen LogP contribution in [-0.2, 0) is 6.18 Å². The molecule has 3 aromatic rings. The number of rotatable bonds is 4. The fourth-order valence-corrected chi connectivity index (χ4v) is 2.45. The number of hydrogen-bond acceptors (Lipinski definition) is 3. The van der Waals surface area contributed by atoms with Crippen LogP contribution in [0.1, 0.15) is 34.8 Å². The number of H-pyrrole nitrogens is 2. The van der Waals surface area contributed by atoms with Crippen LogP contribution in [0.2, 0.25) is 0 Å². The number of halogens is 3. The number of carbonyl (C=O) groups is 1. The van der Waals surface area contributed by atoms with E-state index in [1.807, 2.05) is 35.4 Å². The minimum Gasteiger partial charge on any atom is -0.332 e. The van der Waals surface area contributed by atoms with Crippen molar-refractivity contribution in [3.8, 4) is 11.3 Å². The molecule has 0 aliphatic rings. The van der Waals surface area contributed by atoms with Gasteiger partial charge in [-0.3, -0.25) is 15.0 Å². The van der Waals surface area contributed by atoms with Gasteiger partial charge in [-0.1, -0.05) is 30.3 Å². The molecule has 0 fully saturated rings. The van der Waals surface area contributed by atoms with Gasteiger partial charge in [-0.05, 0) is 13.0 Å². The van der Waals surface area contributed by atoms with E-state index in [2.05, 4.69) is 15.3 Å². The van der Waals surface area contributed by atoms with Crippen molar-refractivity contribution in [2.75, 3.05) is 7.05 Å². The first-order valence-corrected chi connectivity index (χ1v) is 7.78. The van der Waals surface area contributed by atoms with Crippen LogP contribution in [0.15, 0.2) is 42.5 Å². The number of hydrogen-bond donors (Lipinski definition) is 2. The van der Waals surface area contributed by atoms with Crippen molar-refractivity contribution >= 4 is 5.91 Å². The number of alkyl halides is 3. The minimum absolute atomic E-state index is 0.297. The topological polar surface area (TPSA) is 77.7 Å². The van der Waals surface area contributed by atoms with Crippen molar-refractivity contribution in [1.82, 2.24) is 25.3 Å². The maximum absolute atomic E-state index is 12.6. The fraction of sp³-hybridized carbons (Fsp3) is 0.235. The smallest absolute Gasteiger partial charge is 0.332 e. The lowest BCUT2D eigenvalue weighted by molar-refractivity contribution is -0.141. The molecule has 0 bridgehead atoms. The summed E-state index contributed by atoms with van der Waals surface area (Å²) in [6.45, 7) is 1.75. The lowest BCUT2D eigenvalue weighted by Crippen LogP contribution is -2.30. The van der Waals surface area contributed by atoms with E-state index in [0.717, 1.165) is 5.56 Å². The Hall–Kier alpha value is -3.10. The van der Waals surface area contributed by atoms with Gasteiger partial charge in [0, 0.05) is 18.7 Å². The van der Waals surface area contributed by atoms with Gasteiger partial charge in [0.05, 0.1) is 17.4 Å². The lowest BCUT2D eigenvalue weighted by Gasteiger charge is -2.22. The van der Waals surface area contributed by atoms with Gasteiger partial charge in [0.2, 0.25) is 0 Å². The summed E-state index contributed by atoms with van der Waals surface area (Å²) in [6.07, 6.45) is -4.58. The van der Waals surface area contributed by atoms with Crippen molar-refractivity contribution in [2.45, 2.75) is 19.1 Å². The van der Waals surface area contributed by atoms with Crippen LogP contribution >= 0.6 is 0 Å². The third kappa shape index (κ3) is 3.46. The molecule has 1 aromatic carbocycles. The van der Waals surface area contributed by atoms with Gasteiger partial charge in [-0.2, -0.15) is 23.4 Å². The number of carbonyl (C=O) groups excluding carboxylic acids is 1. The van der Waals surface area contributed by atoms with Crippen molar-refractivity contribution in [3.63, 3.8) is 0 Å². The van der Waals surface area contributed by atoms with Gasteiger partial charge < -0.3 is 4.90 Å². The molecule has 0 spiro atoms. The number of aromatic amines is 2. The van der Waals surface area contributed by atoms with Gasteiger partial charge in [0.15, 0.2) is 5.69 Å². The zero-order valence-corrected chi connectivity index (χ0v) is 14.0. The SMILES string of the molecule is C[C@@H](c1cc(-c2ccccc2)n[nH]1)N(C)C(=O)c1cc(C(F)(F)F)[nH]n1. The summed E-state index contributed by atoms with van der Waals surface area (Å²) in [5.41, 5.74) is 0.932. The number of nitrogens with zero attached hydrogens (tertiary/aromatic N) is 3. The van der Waals surface area contributed by atoms with Crippen LogP contribution in [0.5, 0.6) is 0 Å². The Morgan fingerprint density at radius 3 is 2.42 bits per heavy atom. The minimum atomic E-state index is -4.58. The molecule has 0 unspecified atom stereocenters. The van der Waals surface area contributed by atoms with Gasteiger partial charge in [-0.25, -0.2) is 0 Å². The van der Waals surface area contributed by atoms with Crippen LogP contribution < -0.4 is 0 Å². The molecule has 3 rings (SSSR count). The van der Waals surface area contributed by atoms with E-state index in [4.69, 9.17) is 0 Å². The molecule has 2 aromatic heterocycles. The highest BCUT2D eigenvalue weighted by atomic mass is 19.4. The molecule has 136 valence electrons. The standard InChI is InChI=1S/C17H16F3N5O/c1-10(12-8-13(22-21-12)11-6-4-3-5-7-11)25(2)16(26)14-9-15(24-23-14)17(18,19)20/h3-10H,1-2H3,(H,21,22)(H,23,24)/t10-/m0/s1. The maximum atomic E-state index is 12.6. The largest absolute Gasteiger partial charge is 0.432 e. The van der Waals surface area contributed by atoms with Crippen molar-refractivity contribution in [3.05, 3.63) is 59.5 Å². The van der Waals surface area contributed by atoms with E-state index >= 15 is 0 Å². The summed E-state index contributed by atoms with van der Waals surface area (Å²) in [5, 5.41) is 12.4. The summed E-state index contributed by atoms with van der Waals surface area (Å²) >= 11 is 0. The summed E-state index contributed by atoms with van der Waals surface area (Å²) in [7, 11) is 1.50. The van der Waals surface area contributed by atoms with E-state index in [0.29, 0.717) is 17.5 Å². The Morgan fingerprint density at radius 2 is 1.81 bits per heavy atom. The van der Waals surface area contributed by atoms with Crippen molar-refractivity contribution in [2.24, 2.45) is 0 Å². The van der Waals surface area contributed by atoms with Crippen LogP contribution in [0.25, 0.3) is 11.3 Å². The monoisotopic (exact) mass is 363 g/mol. The van der Waals surface area contributed by atoms with E-state index in [1.165, 1.54) is 11.9 Å². The molecular weight excluding hydrogens is 347 g/mol. The molecule has 0 aliphatic carbocycles. The Labute approximate surface area is 147 Å². The number of amides is 1. The average Bonchev–Trinajstić information content (AvgIpc) is 3.29. The first kappa shape index (κ1) is 17.7. The zero-order chi connectivity index (χ0) is 18.9. The average molecular weight is 363 g/mol. The molecule has 0 radical (unpaired) electrons. The Bertz CT molecular complexity index is 901. The molecule has 26 heavy (non-hydrogen) atoms. The first-order valence-electron chi connectivity index (χ1n) is 7.78. The molecule has 0 saturated heterocycles. The predicted octanol–water partition coefficient (Wildman–Crippen LogP) is 3.65. The highest BCUT2D eigenvalue weighted by molar-refractivity contribution is 5.92. The maximum Gasteiger partial charge on any atom is 0.432 e. The van der Waals surface area contributed by atoms with E-state index in [9.17, 15) is 18.0 Å². The van der Waals surface area contributed by atoms with Gasteiger partial charge >= 0.3 is 6.18 Å². The second-order valence-corrected chi connectivity index (χ2v) is 5.83. The lowest BCUT2D eigenvalue weighted by atomic mass is 10.1. The molecule has 0 aliphatic heterocycles. The molecule has 6 nitrogen and oxygen atoms in total. The molecule has 9 heteroatoms.